The van der Waals surface area contributed by atoms with Gasteiger partial charge in [-0.2, -0.15) is 0 Å². The molecule has 114 valence electrons. The Labute approximate surface area is 133 Å². The van der Waals surface area contributed by atoms with Crippen molar-refractivity contribution >= 4 is 24.4 Å². The number of nitrogens with zero attached hydrogens (tertiary/aromatic N) is 3. The lowest BCUT2D eigenvalue weighted by Gasteiger charge is -2.08. The molecule has 2 aromatic heterocycles. The molecule has 0 fully saturated rings. The predicted molar refractivity (Wildman–Crippen MR) is 84.0 cm³/mol. The first kappa shape index (κ1) is 14.4. The van der Waals surface area contributed by atoms with Crippen LogP contribution in [-0.4, -0.2) is 34.3 Å². The summed E-state index contributed by atoms with van der Waals surface area (Å²) in [6.45, 7) is 0. The van der Waals surface area contributed by atoms with E-state index >= 15 is 0 Å². The Hall–Kier alpha value is -2.59. The monoisotopic (exact) mass is 337 g/mol. The van der Waals surface area contributed by atoms with Crippen molar-refractivity contribution in [1.29, 1.82) is 0 Å². The highest BCUT2D eigenvalue weighted by Gasteiger charge is 2.17. The minimum absolute atomic E-state index is 0.420. The van der Waals surface area contributed by atoms with E-state index in [1.807, 2.05) is 0 Å². The lowest BCUT2D eigenvalue weighted by molar-refractivity contribution is 0.371. The first-order chi connectivity index (χ1) is 10.4. The number of aromatic amines is 2. The van der Waals surface area contributed by atoms with Gasteiger partial charge in [-0.3, -0.25) is 19.6 Å². The lowest BCUT2D eigenvalue weighted by Crippen LogP contribution is -2.19. The molecule has 4 N–H and O–H groups in total. The molecule has 0 spiro atoms. The summed E-state index contributed by atoms with van der Waals surface area (Å²) in [6, 6.07) is 6.74. The third-order valence-corrected chi connectivity index (χ3v) is 3.82. The van der Waals surface area contributed by atoms with Crippen molar-refractivity contribution in [2.45, 2.75) is 0 Å². The molecule has 0 atom stereocenters. The second-order valence-electron chi connectivity index (χ2n) is 4.52. The molecule has 0 aliphatic carbocycles. The molecule has 0 saturated carbocycles. The number of benzene rings is 1. The van der Waals surface area contributed by atoms with Gasteiger partial charge in [0, 0.05) is 7.05 Å². The number of nitrogens with one attached hydrogen (secondary N) is 2. The van der Waals surface area contributed by atoms with Crippen molar-refractivity contribution in [2.75, 3.05) is 0 Å². The number of rotatable bonds is 2. The highest BCUT2D eigenvalue weighted by atomic mass is 32.1. The average molecular weight is 337 g/mol. The number of aromatic nitrogens is 5. The van der Waals surface area contributed by atoms with E-state index in [0.29, 0.717) is 20.9 Å². The Balaban J connectivity index is 2.14. The lowest BCUT2D eigenvalue weighted by atomic mass is 10.3. The fourth-order valence-electron chi connectivity index (χ4n) is 2.16. The van der Waals surface area contributed by atoms with Crippen molar-refractivity contribution in [3.63, 3.8) is 0 Å². The van der Waals surface area contributed by atoms with Gasteiger partial charge in [0.15, 0.2) is 9.54 Å². The van der Waals surface area contributed by atoms with Crippen molar-refractivity contribution in [2.24, 2.45) is 7.05 Å². The maximum absolute atomic E-state index is 11.9. The highest BCUT2D eigenvalue weighted by molar-refractivity contribution is 7.72. The van der Waals surface area contributed by atoms with Crippen LogP contribution in [0.25, 0.3) is 11.4 Å². The summed E-state index contributed by atoms with van der Waals surface area (Å²) >= 11 is 10.3. The zero-order valence-electron chi connectivity index (χ0n) is 11.3. The molecule has 0 aliphatic heterocycles. The minimum Gasteiger partial charge on any atom is -0.499 e. The van der Waals surface area contributed by atoms with Gasteiger partial charge < -0.3 is 10.2 Å². The van der Waals surface area contributed by atoms with Crippen molar-refractivity contribution in [3.8, 4) is 23.0 Å². The molecular weight excluding hydrogens is 326 g/mol. The predicted octanol–water partition coefficient (Wildman–Crippen LogP) is 1.49. The number of aromatic hydroxyl groups is 2. The summed E-state index contributed by atoms with van der Waals surface area (Å²) in [5, 5.41) is 24.6. The average Bonchev–Trinajstić information content (AvgIpc) is 2.93. The van der Waals surface area contributed by atoms with Gasteiger partial charge in [0.2, 0.25) is 5.75 Å². The van der Waals surface area contributed by atoms with Gasteiger partial charge in [-0.1, -0.05) is 0 Å². The van der Waals surface area contributed by atoms with Crippen LogP contribution in [0.2, 0.25) is 0 Å². The van der Waals surface area contributed by atoms with Crippen LogP contribution in [0.5, 0.6) is 11.6 Å². The molecule has 0 unspecified atom stereocenters. The van der Waals surface area contributed by atoms with E-state index in [1.54, 1.807) is 28.8 Å². The quantitative estimate of drug-likeness (QED) is 0.531. The summed E-state index contributed by atoms with van der Waals surface area (Å²) in [7, 11) is 1.46. The molecule has 0 amide bonds. The summed E-state index contributed by atoms with van der Waals surface area (Å²) in [4.78, 5) is 11.9. The van der Waals surface area contributed by atoms with E-state index in [2.05, 4.69) is 10.2 Å². The SMILES string of the molecule is Cn1c(O)c(O)c(=O)n1-c1ccc(-n2c(=S)[nH][nH]c2=S)cc1. The largest absolute Gasteiger partial charge is 0.499 e. The fraction of sp³-hybridized carbons (Fsp3) is 0.0833. The van der Waals surface area contributed by atoms with Crippen molar-refractivity contribution in [1.82, 2.24) is 24.1 Å². The Morgan fingerprint density at radius 1 is 1.00 bits per heavy atom. The van der Waals surface area contributed by atoms with E-state index in [-0.39, 0.29) is 0 Å². The summed E-state index contributed by atoms with van der Waals surface area (Å²) < 4.78 is 4.76. The standard InChI is InChI=1S/C12H11N5O3S2/c1-15-9(19)8(18)10(20)17(15)7-4-2-6(3-5-7)16-11(21)13-14-12(16)22/h2-5,18-19H,1H3,(H,13,21)(H,14,22). The van der Waals surface area contributed by atoms with Crippen LogP contribution in [-0.2, 0) is 7.05 Å². The van der Waals surface area contributed by atoms with Crippen LogP contribution in [0, 0.1) is 9.54 Å². The second-order valence-corrected chi connectivity index (χ2v) is 5.30. The molecule has 3 aromatic rings. The molecule has 2 heterocycles. The summed E-state index contributed by atoms with van der Waals surface area (Å²) in [5.74, 6) is -1.19. The van der Waals surface area contributed by atoms with Gasteiger partial charge in [-0.15, -0.1) is 0 Å². The van der Waals surface area contributed by atoms with Gasteiger partial charge in [0.05, 0.1) is 11.4 Å². The van der Waals surface area contributed by atoms with Crippen LogP contribution in [0.15, 0.2) is 29.1 Å². The Bertz CT molecular complexity index is 991. The smallest absolute Gasteiger partial charge is 0.317 e. The van der Waals surface area contributed by atoms with E-state index in [9.17, 15) is 15.0 Å². The van der Waals surface area contributed by atoms with Gasteiger partial charge in [0.25, 0.3) is 5.88 Å². The van der Waals surface area contributed by atoms with Crippen LogP contribution >= 0.6 is 24.4 Å². The van der Waals surface area contributed by atoms with E-state index < -0.39 is 17.2 Å². The third-order valence-electron chi connectivity index (χ3n) is 3.25. The molecule has 22 heavy (non-hydrogen) atoms. The zero-order valence-corrected chi connectivity index (χ0v) is 12.9. The van der Waals surface area contributed by atoms with Crippen LogP contribution < -0.4 is 5.56 Å². The van der Waals surface area contributed by atoms with E-state index in [0.717, 1.165) is 9.36 Å². The van der Waals surface area contributed by atoms with Gasteiger partial charge in [0.1, 0.15) is 0 Å². The Morgan fingerprint density at radius 2 is 1.50 bits per heavy atom. The highest BCUT2D eigenvalue weighted by Crippen LogP contribution is 2.22. The normalized spacial score (nSPS) is 11.0. The molecule has 10 heteroatoms. The summed E-state index contributed by atoms with van der Waals surface area (Å²) in [5.41, 5.74) is 0.485. The molecule has 8 nitrogen and oxygen atoms in total. The van der Waals surface area contributed by atoms with Crippen LogP contribution in [0.4, 0.5) is 0 Å². The maximum atomic E-state index is 11.9. The topological polar surface area (TPSA) is 104 Å². The van der Waals surface area contributed by atoms with Gasteiger partial charge in [-0.05, 0) is 48.7 Å². The molecular formula is C12H11N5O3S2. The molecule has 1 aromatic carbocycles. The molecule has 0 saturated heterocycles. The molecule has 0 bridgehead atoms. The van der Waals surface area contributed by atoms with E-state index in [4.69, 9.17) is 24.4 Å². The third kappa shape index (κ3) is 2.00. The number of H-pyrrole nitrogens is 2. The maximum Gasteiger partial charge on any atom is 0.317 e. The fourth-order valence-corrected chi connectivity index (χ4v) is 2.71. The van der Waals surface area contributed by atoms with Crippen LogP contribution in [0.1, 0.15) is 0 Å². The summed E-state index contributed by atoms with van der Waals surface area (Å²) in [6.07, 6.45) is 0. The van der Waals surface area contributed by atoms with Gasteiger partial charge in [-0.25, -0.2) is 9.36 Å². The second kappa shape index (κ2) is 5.00. The van der Waals surface area contributed by atoms with Crippen LogP contribution in [0.3, 0.4) is 0 Å². The molecule has 0 aliphatic rings. The van der Waals surface area contributed by atoms with Crippen molar-refractivity contribution < 1.29 is 10.2 Å². The van der Waals surface area contributed by atoms with Crippen molar-refractivity contribution in [3.05, 3.63) is 44.2 Å². The first-order valence-electron chi connectivity index (χ1n) is 6.12. The Kier molecular flexibility index (Phi) is 3.26. The van der Waals surface area contributed by atoms with E-state index in [1.165, 1.54) is 7.05 Å². The first-order valence-corrected chi connectivity index (χ1v) is 6.94. The minimum atomic E-state index is -0.705. The number of hydrogen-bond acceptors (Lipinski definition) is 5. The number of hydrogen-bond donors (Lipinski definition) is 4. The zero-order chi connectivity index (χ0) is 16.0. The Morgan fingerprint density at radius 3 is 1.95 bits per heavy atom. The van der Waals surface area contributed by atoms with Gasteiger partial charge >= 0.3 is 5.56 Å². The molecule has 0 radical (unpaired) electrons. The molecule has 3 rings (SSSR count).